The lowest BCUT2D eigenvalue weighted by atomic mass is 10.2. The molecule has 0 aliphatic heterocycles. The first-order chi connectivity index (χ1) is 8.19. The second-order valence-corrected chi connectivity index (χ2v) is 5.66. The fourth-order valence-electron chi connectivity index (χ4n) is 1.64. The van der Waals surface area contributed by atoms with Crippen LogP contribution in [0.4, 0.5) is 11.4 Å². The molecular formula is C13H15ClN2S. The van der Waals surface area contributed by atoms with Gasteiger partial charge in [0.2, 0.25) is 0 Å². The molecule has 0 spiro atoms. The molecule has 0 bridgehead atoms. The van der Waals surface area contributed by atoms with Crippen LogP contribution in [0, 0.1) is 0 Å². The van der Waals surface area contributed by atoms with Gasteiger partial charge < -0.3 is 10.2 Å². The standard InChI is InChI=1S/C13H15ClN2S/c1-15-10-3-5-11(6-4-10)16(2)9-12-7-8-13(14)17-12/h3-8,15H,9H2,1-2H3. The van der Waals surface area contributed by atoms with E-state index in [1.165, 1.54) is 10.6 Å². The zero-order valence-electron chi connectivity index (χ0n) is 9.90. The lowest BCUT2D eigenvalue weighted by Crippen LogP contribution is -2.15. The molecule has 0 amide bonds. The Morgan fingerprint density at radius 2 is 1.88 bits per heavy atom. The van der Waals surface area contributed by atoms with Gasteiger partial charge in [-0.2, -0.15) is 0 Å². The summed E-state index contributed by atoms with van der Waals surface area (Å²) in [5.41, 5.74) is 2.33. The minimum atomic E-state index is 0.846. The summed E-state index contributed by atoms with van der Waals surface area (Å²) in [6.45, 7) is 0.885. The van der Waals surface area contributed by atoms with Crippen LogP contribution >= 0.6 is 22.9 Å². The Labute approximate surface area is 111 Å². The van der Waals surface area contributed by atoms with Gasteiger partial charge in [0.15, 0.2) is 0 Å². The molecular weight excluding hydrogens is 252 g/mol. The van der Waals surface area contributed by atoms with Gasteiger partial charge >= 0.3 is 0 Å². The highest BCUT2D eigenvalue weighted by Gasteiger charge is 2.04. The zero-order chi connectivity index (χ0) is 12.3. The van der Waals surface area contributed by atoms with Crippen LogP contribution in [0.15, 0.2) is 36.4 Å². The average molecular weight is 267 g/mol. The summed E-state index contributed by atoms with van der Waals surface area (Å²) in [5.74, 6) is 0. The van der Waals surface area contributed by atoms with Crippen molar-refractivity contribution in [1.29, 1.82) is 0 Å². The SMILES string of the molecule is CNc1ccc(N(C)Cc2ccc(Cl)s2)cc1. The topological polar surface area (TPSA) is 15.3 Å². The zero-order valence-corrected chi connectivity index (χ0v) is 11.5. The minimum Gasteiger partial charge on any atom is -0.388 e. The predicted octanol–water partition coefficient (Wildman–Crippen LogP) is 4.08. The smallest absolute Gasteiger partial charge is 0.0931 e. The molecule has 0 fully saturated rings. The van der Waals surface area contributed by atoms with Gasteiger partial charge in [0.05, 0.1) is 10.9 Å². The molecule has 0 aliphatic rings. The van der Waals surface area contributed by atoms with E-state index in [2.05, 4.69) is 47.6 Å². The number of hydrogen-bond acceptors (Lipinski definition) is 3. The van der Waals surface area contributed by atoms with Gasteiger partial charge in [0, 0.05) is 30.3 Å². The summed E-state index contributed by atoms with van der Waals surface area (Å²) in [6, 6.07) is 12.4. The minimum absolute atomic E-state index is 0.846. The number of thiophene rings is 1. The fraction of sp³-hybridized carbons (Fsp3) is 0.231. The van der Waals surface area contributed by atoms with Crippen molar-refractivity contribution in [1.82, 2.24) is 0 Å². The molecule has 0 radical (unpaired) electrons. The number of benzene rings is 1. The lowest BCUT2D eigenvalue weighted by Gasteiger charge is -2.18. The fourth-order valence-corrected chi connectivity index (χ4v) is 2.79. The van der Waals surface area contributed by atoms with Crippen molar-refractivity contribution in [2.24, 2.45) is 0 Å². The maximum atomic E-state index is 5.92. The van der Waals surface area contributed by atoms with Crippen LogP contribution in [0.25, 0.3) is 0 Å². The molecule has 0 saturated carbocycles. The van der Waals surface area contributed by atoms with Crippen LogP contribution < -0.4 is 10.2 Å². The van der Waals surface area contributed by atoms with E-state index in [1.54, 1.807) is 11.3 Å². The van der Waals surface area contributed by atoms with E-state index in [0.717, 1.165) is 16.6 Å². The Hall–Kier alpha value is -1.19. The van der Waals surface area contributed by atoms with Gasteiger partial charge in [-0.3, -0.25) is 0 Å². The molecule has 1 aromatic carbocycles. The molecule has 2 rings (SSSR count). The van der Waals surface area contributed by atoms with E-state index < -0.39 is 0 Å². The van der Waals surface area contributed by atoms with Crippen molar-refractivity contribution in [2.45, 2.75) is 6.54 Å². The molecule has 90 valence electrons. The normalized spacial score (nSPS) is 10.3. The second kappa shape index (κ2) is 5.43. The van der Waals surface area contributed by atoms with Gasteiger partial charge in [-0.15, -0.1) is 11.3 Å². The van der Waals surface area contributed by atoms with Gasteiger partial charge in [0.25, 0.3) is 0 Å². The molecule has 0 saturated heterocycles. The van der Waals surface area contributed by atoms with Gasteiger partial charge in [-0.05, 0) is 36.4 Å². The van der Waals surface area contributed by atoms with Crippen molar-refractivity contribution in [2.75, 3.05) is 24.3 Å². The van der Waals surface area contributed by atoms with E-state index >= 15 is 0 Å². The summed E-state index contributed by atoms with van der Waals surface area (Å²) in [4.78, 5) is 3.48. The highest BCUT2D eigenvalue weighted by molar-refractivity contribution is 7.16. The molecule has 1 N–H and O–H groups in total. The van der Waals surface area contributed by atoms with Crippen LogP contribution in [0.3, 0.4) is 0 Å². The molecule has 4 heteroatoms. The molecule has 17 heavy (non-hydrogen) atoms. The number of nitrogens with one attached hydrogen (secondary N) is 1. The van der Waals surface area contributed by atoms with Crippen LogP contribution in [0.2, 0.25) is 4.34 Å². The van der Waals surface area contributed by atoms with E-state index in [0.29, 0.717) is 0 Å². The highest BCUT2D eigenvalue weighted by Crippen LogP contribution is 2.24. The van der Waals surface area contributed by atoms with Crippen molar-refractivity contribution >= 4 is 34.3 Å². The Kier molecular flexibility index (Phi) is 3.92. The largest absolute Gasteiger partial charge is 0.388 e. The molecule has 2 nitrogen and oxygen atoms in total. The summed E-state index contributed by atoms with van der Waals surface area (Å²) in [5, 5.41) is 3.11. The van der Waals surface area contributed by atoms with Crippen LogP contribution in [0.5, 0.6) is 0 Å². The van der Waals surface area contributed by atoms with Gasteiger partial charge in [0.1, 0.15) is 0 Å². The Bertz CT molecular complexity index is 478. The molecule has 0 atom stereocenters. The van der Waals surface area contributed by atoms with E-state index in [1.807, 2.05) is 13.1 Å². The third-order valence-corrected chi connectivity index (χ3v) is 3.83. The van der Waals surface area contributed by atoms with Crippen molar-refractivity contribution in [3.63, 3.8) is 0 Å². The van der Waals surface area contributed by atoms with E-state index in [4.69, 9.17) is 11.6 Å². The predicted molar refractivity (Wildman–Crippen MR) is 77.4 cm³/mol. The second-order valence-electron chi connectivity index (χ2n) is 3.86. The van der Waals surface area contributed by atoms with Crippen LogP contribution in [-0.2, 0) is 6.54 Å². The number of hydrogen-bond donors (Lipinski definition) is 1. The monoisotopic (exact) mass is 266 g/mol. The summed E-state index contributed by atoms with van der Waals surface area (Å²) < 4.78 is 0.846. The number of rotatable bonds is 4. The molecule has 2 aromatic rings. The highest BCUT2D eigenvalue weighted by atomic mass is 35.5. The Morgan fingerprint density at radius 1 is 1.18 bits per heavy atom. The summed E-state index contributed by atoms with van der Waals surface area (Å²) in [7, 11) is 4.01. The summed E-state index contributed by atoms with van der Waals surface area (Å²) in [6.07, 6.45) is 0. The van der Waals surface area contributed by atoms with Gasteiger partial charge in [-0.25, -0.2) is 0 Å². The first-order valence-corrected chi connectivity index (χ1v) is 6.61. The van der Waals surface area contributed by atoms with Crippen molar-refractivity contribution in [3.05, 3.63) is 45.6 Å². The van der Waals surface area contributed by atoms with Crippen molar-refractivity contribution < 1.29 is 0 Å². The number of anilines is 2. The molecule has 0 unspecified atom stereocenters. The van der Waals surface area contributed by atoms with E-state index in [9.17, 15) is 0 Å². The third-order valence-electron chi connectivity index (χ3n) is 2.62. The average Bonchev–Trinajstić information content (AvgIpc) is 2.75. The first kappa shape index (κ1) is 12.3. The summed E-state index contributed by atoms with van der Waals surface area (Å²) >= 11 is 7.55. The van der Waals surface area contributed by atoms with Crippen LogP contribution in [-0.4, -0.2) is 14.1 Å². The lowest BCUT2D eigenvalue weighted by molar-refractivity contribution is 0.940. The number of nitrogens with zero attached hydrogens (tertiary/aromatic N) is 1. The van der Waals surface area contributed by atoms with Crippen LogP contribution in [0.1, 0.15) is 4.88 Å². The molecule has 0 aliphatic carbocycles. The quantitative estimate of drug-likeness (QED) is 0.897. The number of halogens is 1. The molecule has 1 heterocycles. The van der Waals surface area contributed by atoms with Gasteiger partial charge in [-0.1, -0.05) is 11.6 Å². The molecule has 1 aromatic heterocycles. The Balaban J connectivity index is 2.06. The first-order valence-electron chi connectivity index (χ1n) is 5.42. The van der Waals surface area contributed by atoms with E-state index in [-0.39, 0.29) is 0 Å². The van der Waals surface area contributed by atoms with Crippen molar-refractivity contribution in [3.8, 4) is 0 Å². The maximum Gasteiger partial charge on any atom is 0.0931 e. The maximum absolute atomic E-state index is 5.92. The Morgan fingerprint density at radius 3 is 2.41 bits per heavy atom. The third kappa shape index (κ3) is 3.14.